The molecule has 0 spiro atoms. The second-order valence-electron chi connectivity index (χ2n) is 8.17. The van der Waals surface area contributed by atoms with Crippen molar-refractivity contribution in [3.8, 4) is 11.4 Å². The lowest BCUT2D eigenvalue weighted by molar-refractivity contribution is -0.137. The summed E-state index contributed by atoms with van der Waals surface area (Å²) < 4.78 is 47.4. The molecule has 0 unspecified atom stereocenters. The van der Waals surface area contributed by atoms with Crippen molar-refractivity contribution in [3.63, 3.8) is 0 Å². The van der Waals surface area contributed by atoms with E-state index >= 15 is 0 Å². The Labute approximate surface area is 216 Å². The molecule has 1 aliphatic rings. The van der Waals surface area contributed by atoms with E-state index < -0.39 is 17.8 Å². The van der Waals surface area contributed by atoms with Gasteiger partial charge in [0, 0.05) is 29.5 Å². The second-order valence-corrected chi connectivity index (χ2v) is 8.96. The van der Waals surface area contributed by atoms with Crippen LogP contribution >= 0.6 is 23.8 Å². The molecule has 184 valence electrons. The number of hydrogen-bond donors (Lipinski definition) is 1. The summed E-state index contributed by atoms with van der Waals surface area (Å²) in [7, 11) is 1.53. The summed E-state index contributed by atoms with van der Waals surface area (Å²) in [5.74, 6) is 0.517. The van der Waals surface area contributed by atoms with E-state index in [0.717, 1.165) is 23.5 Å². The maximum atomic E-state index is 13.5. The molecule has 5 rings (SSSR count). The van der Waals surface area contributed by atoms with Crippen molar-refractivity contribution in [2.24, 2.45) is 0 Å². The van der Waals surface area contributed by atoms with Gasteiger partial charge >= 0.3 is 6.18 Å². The highest BCUT2D eigenvalue weighted by molar-refractivity contribution is 7.80. The minimum atomic E-state index is -4.46. The van der Waals surface area contributed by atoms with E-state index in [2.05, 4.69) is 10.3 Å². The summed E-state index contributed by atoms with van der Waals surface area (Å²) in [6.45, 7) is 0. The number of ether oxygens (including phenoxy) is 1. The molecule has 4 aromatic rings. The summed E-state index contributed by atoms with van der Waals surface area (Å²) in [6, 6.07) is 19.0. The van der Waals surface area contributed by atoms with Crippen molar-refractivity contribution in [3.05, 3.63) is 107 Å². The molecule has 1 saturated heterocycles. The van der Waals surface area contributed by atoms with Crippen molar-refractivity contribution in [2.45, 2.75) is 18.3 Å². The predicted octanol–water partition coefficient (Wildman–Crippen LogP) is 6.73. The number of nitrogens with zero attached hydrogens (tertiary/aromatic N) is 3. The van der Waals surface area contributed by atoms with Gasteiger partial charge in [0.05, 0.1) is 29.4 Å². The fraction of sp³-hybridized carbons (Fsp3) is 0.154. The molecule has 0 amide bonds. The highest BCUT2D eigenvalue weighted by Gasteiger charge is 2.42. The monoisotopic (exact) mass is 528 g/mol. The quantitative estimate of drug-likeness (QED) is 0.291. The fourth-order valence-electron chi connectivity index (χ4n) is 4.44. The summed E-state index contributed by atoms with van der Waals surface area (Å²) >= 11 is 12.2. The van der Waals surface area contributed by atoms with Gasteiger partial charge in [-0.25, -0.2) is 0 Å². The average Bonchev–Trinajstić information content (AvgIpc) is 3.48. The third-order valence-corrected chi connectivity index (χ3v) is 6.66. The normalized spacial score (nSPS) is 17.8. The van der Waals surface area contributed by atoms with Crippen molar-refractivity contribution in [1.29, 1.82) is 0 Å². The van der Waals surface area contributed by atoms with Crippen molar-refractivity contribution < 1.29 is 17.9 Å². The third-order valence-electron chi connectivity index (χ3n) is 6.05. The van der Waals surface area contributed by atoms with Gasteiger partial charge < -0.3 is 19.5 Å². The molecule has 2 aromatic heterocycles. The van der Waals surface area contributed by atoms with E-state index in [-0.39, 0.29) is 6.04 Å². The Balaban J connectivity index is 1.66. The number of nitrogens with one attached hydrogen (secondary N) is 1. The molecule has 0 bridgehead atoms. The maximum Gasteiger partial charge on any atom is 0.416 e. The first-order valence-corrected chi connectivity index (χ1v) is 11.8. The SMILES string of the molecule is COc1ccc(N2C(=S)N[C@@H](c3ccccn3)[C@@H]2c2cccn2-c2cccc(C(F)(F)F)c2)cc1Cl. The molecule has 10 heteroatoms. The van der Waals surface area contributed by atoms with Gasteiger partial charge in [-0.05, 0) is 72.9 Å². The third kappa shape index (κ3) is 4.40. The number of rotatable bonds is 5. The number of anilines is 1. The molecule has 0 saturated carbocycles. The summed E-state index contributed by atoms with van der Waals surface area (Å²) in [4.78, 5) is 6.43. The van der Waals surface area contributed by atoms with Gasteiger partial charge in [0.15, 0.2) is 5.11 Å². The Kier molecular flexibility index (Phi) is 6.36. The first-order valence-electron chi connectivity index (χ1n) is 11.0. The number of aromatic nitrogens is 2. The lowest BCUT2D eigenvalue weighted by atomic mass is 10.0. The highest BCUT2D eigenvalue weighted by atomic mass is 35.5. The Morgan fingerprint density at radius 2 is 1.83 bits per heavy atom. The lowest BCUT2D eigenvalue weighted by Crippen LogP contribution is -2.30. The van der Waals surface area contributed by atoms with Crippen LogP contribution in [0, 0.1) is 0 Å². The number of benzene rings is 2. The van der Waals surface area contributed by atoms with Crippen LogP contribution in [-0.4, -0.2) is 21.8 Å². The molecular weight excluding hydrogens is 509 g/mol. The van der Waals surface area contributed by atoms with Crippen LogP contribution in [0.1, 0.15) is 29.0 Å². The summed E-state index contributed by atoms with van der Waals surface area (Å²) in [5.41, 5.74) is 1.83. The number of thiocarbonyl (C=S) groups is 1. The molecule has 36 heavy (non-hydrogen) atoms. The van der Waals surface area contributed by atoms with Gasteiger partial charge in [-0.15, -0.1) is 0 Å². The largest absolute Gasteiger partial charge is 0.495 e. The molecule has 2 atom stereocenters. The summed E-state index contributed by atoms with van der Waals surface area (Å²) in [5, 5.41) is 4.19. The molecule has 2 aromatic carbocycles. The Morgan fingerprint density at radius 3 is 2.53 bits per heavy atom. The smallest absolute Gasteiger partial charge is 0.416 e. The maximum absolute atomic E-state index is 13.5. The molecule has 0 aliphatic carbocycles. The van der Waals surface area contributed by atoms with Gasteiger partial charge in [-0.1, -0.05) is 23.7 Å². The Hall–Kier alpha value is -3.56. The zero-order valence-corrected chi connectivity index (χ0v) is 20.5. The number of alkyl halides is 3. The first-order chi connectivity index (χ1) is 17.3. The fourth-order valence-corrected chi connectivity index (χ4v) is 5.04. The zero-order valence-electron chi connectivity index (χ0n) is 18.9. The number of methoxy groups -OCH3 is 1. The summed E-state index contributed by atoms with van der Waals surface area (Å²) in [6.07, 6.45) is -1.03. The van der Waals surface area contributed by atoms with Gasteiger partial charge in [-0.3, -0.25) is 4.98 Å². The van der Waals surface area contributed by atoms with Gasteiger partial charge in [0.25, 0.3) is 0 Å². The molecule has 1 N–H and O–H groups in total. The molecule has 1 aliphatic heterocycles. The van der Waals surface area contributed by atoms with Gasteiger partial charge in [0.1, 0.15) is 11.8 Å². The van der Waals surface area contributed by atoms with Crippen LogP contribution in [0.4, 0.5) is 18.9 Å². The highest BCUT2D eigenvalue weighted by Crippen LogP contribution is 2.44. The Morgan fingerprint density at radius 1 is 1.00 bits per heavy atom. The number of pyridine rings is 1. The molecule has 5 nitrogen and oxygen atoms in total. The minimum absolute atomic E-state index is 0.376. The van der Waals surface area contributed by atoms with Crippen LogP contribution in [0.2, 0.25) is 5.02 Å². The van der Waals surface area contributed by atoms with E-state index in [1.165, 1.54) is 13.2 Å². The number of hydrogen-bond acceptors (Lipinski definition) is 3. The van der Waals surface area contributed by atoms with E-state index in [4.69, 9.17) is 28.6 Å². The van der Waals surface area contributed by atoms with Crippen LogP contribution in [0.3, 0.4) is 0 Å². The van der Waals surface area contributed by atoms with Crippen LogP contribution in [0.5, 0.6) is 5.75 Å². The molecule has 1 fully saturated rings. The minimum Gasteiger partial charge on any atom is -0.495 e. The van der Waals surface area contributed by atoms with Crippen molar-refractivity contribution in [1.82, 2.24) is 14.9 Å². The van der Waals surface area contributed by atoms with Gasteiger partial charge in [-0.2, -0.15) is 13.2 Å². The molecular formula is C26H20ClF3N4OS. The van der Waals surface area contributed by atoms with Crippen molar-refractivity contribution >= 4 is 34.6 Å². The van der Waals surface area contributed by atoms with Crippen LogP contribution in [-0.2, 0) is 6.18 Å². The molecule has 3 heterocycles. The average molecular weight is 529 g/mol. The van der Waals surface area contributed by atoms with Gasteiger partial charge in [0.2, 0.25) is 0 Å². The Bertz CT molecular complexity index is 1410. The first kappa shape index (κ1) is 24.1. The van der Waals surface area contributed by atoms with E-state index in [1.807, 2.05) is 35.2 Å². The number of halogens is 4. The topological polar surface area (TPSA) is 42.3 Å². The van der Waals surface area contributed by atoms with E-state index in [9.17, 15) is 13.2 Å². The predicted molar refractivity (Wildman–Crippen MR) is 137 cm³/mol. The van der Waals surface area contributed by atoms with E-state index in [0.29, 0.717) is 27.3 Å². The van der Waals surface area contributed by atoms with Crippen LogP contribution < -0.4 is 15.0 Å². The zero-order chi connectivity index (χ0) is 25.4. The lowest BCUT2D eigenvalue weighted by Gasteiger charge is -2.29. The molecule has 0 radical (unpaired) electrons. The van der Waals surface area contributed by atoms with Crippen LogP contribution in [0.15, 0.2) is 85.2 Å². The standard InChI is InChI=1S/C26H20ClF3N4OS/c1-35-22-11-10-18(15-19(22)27)34-24(23(32-25(34)36)20-8-2-3-12-31-20)21-9-5-13-33(21)17-7-4-6-16(14-17)26(28,29)30/h2-15,23-24H,1H3,(H,32,36)/t23-,24-/m0/s1. The van der Waals surface area contributed by atoms with Crippen LogP contribution in [0.25, 0.3) is 5.69 Å². The van der Waals surface area contributed by atoms with Crippen molar-refractivity contribution in [2.75, 3.05) is 12.0 Å². The second kappa shape index (κ2) is 9.48. The van der Waals surface area contributed by atoms with E-state index in [1.54, 1.807) is 41.2 Å².